The van der Waals surface area contributed by atoms with E-state index in [9.17, 15) is 30.6 Å². The molecule has 1 aliphatic rings. The highest BCUT2D eigenvalue weighted by Gasteiger charge is 2.33. The molecule has 1 heterocycles. The number of ether oxygens (including phenoxy) is 1. The van der Waals surface area contributed by atoms with Crippen LogP contribution in [0.15, 0.2) is 24.3 Å². The van der Waals surface area contributed by atoms with Gasteiger partial charge in [-0.05, 0) is 12.1 Å². The largest absolute Gasteiger partial charge is 0.508 e. The molecular formula is C15H14O7. The van der Waals surface area contributed by atoms with Gasteiger partial charge in [0.05, 0.1) is 6.10 Å². The summed E-state index contributed by atoms with van der Waals surface area (Å²) in [5.41, 5.74) is 0.600. The summed E-state index contributed by atoms with van der Waals surface area (Å²) in [6.07, 6.45) is -1.92. The van der Waals surface area contributed by atoms with Crippen LogP contribution in [-0.4, -0.2) is 36.7 Å². The third-order valence-electron chi connectivity index (χ3n) is 3.61. The minimum Gasteiger partial charge on any atom is -0.508 e. The molecule has 0 saturated heterocycles. The number of hydrogen-bond donors (Lipinski definition) is 6. The van der Waals surface area contributed by atoms with E-state index >= 15 is 0 Å². The monoisotopic (exact) mass is 309 g/mol. The normalized spacial score (nSPS) is 20.2. The first-order valence-corrected chi connectivity index (χ1v) is 6.51. The van der Waals surface area contributed by atoms with Gasteiger partial charge in [-0.2, -0.15) is 0 Å². The molecule has 0 saturated carbocycles. The van der Waals surface area contributed by atoms with Crippen molar-refractivity contribution < 1.29 is 35.4 Å². The fourth-order valence-electron chi connectivity index (χ4n) is 2.54. The van der Waals surface area contributed by atoms with E-state index in [0.29, 0.717) is 5.56 Å². The molecular weight excluding hydrogens is 295 g/mol. The molecule has 0 radical (unpaired) electrons. The lowest BCUT2D eigenvalue weighted by Gasteiger charge is -2.31. The Balaban J connectivity index is 2.03. The molecule has 0 fully saturated rings. The number of benzene rings is 2. The average molecular weight is 309 g/mol. The zero-order valence-electron chi connectivity index (χ0n) is 11.3. The third kappa shape index (κ3) is 2.21. The smallest absolute Gasteiger partial charge is 0.200 e. The third-order valence-corrected chi connectivity index (χ3v) is 3.61. The van der Waals surface area contributed by atoms with Crippen LogP contribution in [0.25, 0.3) is 0 Å². The minimum absolute atomic E-state index is 0.0640. The van der Waals surface area contributed by atoms with Gasteiger partial charge in [-0.1, -0.05) is 0 Å². The van der Waals surface area contributed by atoms with Gasteiger partial charge in [0.15, 0.2) is 23.4 Å². The molecule has 3 rings (SSSR count). The van der Waals surface area contributed by atoms with E-state index in [0.717, 1.165) is 18.2 Å². The summed E-state index contributed by atoms with van der Waals surface area (Å²) in [5.74, 6) is -1.94. The summed E-state index contributed by atoms with van der Waals surface area (Å²) in [4.78, 5) is 0. The van der Waals surface area contributed by atoms with E-state index in [2.05, 4.69) is 0 Å². The Labute approximate surface area is 124 Å². The van der Waals surface area contributed by atoms with E-state index in [1.165, 1.54) is 6.07 Å². The topological polar surface area (TPSA) is 131 Å². The van der Waals surface area contributed by atoms with Crippen molar-refractivity contribution in [2.75, 3.05) is 0 Å². The zero-order chi connectivity index (χ0) is 16.0. The van der Waals surface area contributed by atoms with Gasteiger partial charge >= 0.3 is 0 Å². The second-order valence-electron chi connectivity index (χ2n) is 5.16. The SMILES string of the molecule is Oc1cc(O)c2c(c1)O[13C@H](c1cc(O)c(O)c(O)c1)[13C@@H](O)[13CH2]2. The Hall–Kier alpha value is -2.80. The second kappa shape index (κ2) is 4.88. The van der Waals surface area contributed by atoms with Gasteiger partial charge in [0.2, 0.25) is 0 Å². The van der Waals surface area contributed by atoms with Gasteiger partial charge in [0.25, 0.3) is 0 Å². The van der Waals surface area contributed by atoms with Crippen molar-refractivity contribution >= 4 is 0 Å². The van der Waals surface area contributed by atoms with E-state index < -0.39 is 29.5 Å². The molecule has 2 aromatic carbocycles. The second-order valence-corrected chi connectivity index (χ2v) is 5.16. The Morgan fingerprint density at radius 1 is 0.864 bits per heavy atom. The molecule has 0 spiro atoms. The van der Waals surface area contributed by atoms with Crippen molar-refractivity contribution in [3.8, 4) is 34.5 Å². The molecule has 0 amide bonds. The lowest BCUT2D eigenvalue weighted by molar-refractivity contribution is 0.0196. The standard InChI is InChI=1S/C15H14O7/c16-7-3-9(17)8-5-12(20)15(22-13(8)4-7)6-1-10(18)14(21)11(19)2-6/h1-4,12,15-21H,5H2/t12-,15+/m0/s1/i5+1,12+1,15+1. The first kappa shape index (κ1) is 14.2. The summed E-state index contributed by atoms with van der Waals surface area (Å²) in [6, 6.07) is 4.77. The molecule has 7 nitrogen and oxygen atoms in total. The van der Waals surface area contributed by atoms with Gasteiger partial charge in [-0.25, -0.2) is 0 Å². The zero-order valence-corrected chi connectivity index (χ0v) is 11.3. The van der Waals surface area contributed by atoms with Gasteiger partial charge in [-0.15, -0.1) is 0 Å². The molecule has 2 atom stereocenters. The molecule has 0 bridgehead atoms. The Morgan fingerprint density at radius 3 is 2.14 bits per heavy atom. The van der Waals surface area contributed by atoms with E-state index in [4.69, 9.17) is 4.74 Å². The van der Waals surface area contributed by atoms with Crippen LogP contribution in [0.3, 0.4) is 0 Å². The molecule has 2 aromatic rings. The van der Waals surface area contributed by atoms with Crippen molar-refractivity contribution in [1.82, 2.24) is 0 Å². The van der Waals surface area contributed by atoms with E-state index in [1.54, 1.807) is 0 Å². The highest BCUT2D eigenvalue weighted by Crippen LogP contribution is 2.44. The van der Waals surface area contributed by atoms with E-state index in [1.807, 2.05) is 0 Å². The van der Waals surface area contributed by atoms with Crippen molar-refractivity contribution in [1.29, 1.82) is 0 Å². The van der Waals surface area contributed by atoms with Gasteiger partial charge in [0.1, 0.15) is 17.2 Å². The van der Waals surface area contributed by atoms with E-state index in [-0.39, 0.29) is 29.2 Å². The number of phenolic OH excluding ortho intramolecular Hbond substituents is 5. The average Bonchev–Trinajstić information content (AvgIpc) is 2.44. The van der Waals surface area contributed by atoms with Gasteiger partial charge in [0, 0.05) is 29.7 Å². The lowest BCUT2D eigenvalue weighted by atomic mass is 10.2. The quantitative estimate of drug-likeness (QED) is 0.345. The van der Waals surface area contributed by atoms with Crippen molar-refractivity contribution in [2.45, 2.75) is 18.6 Å². The number of phenols is 5. The highest BCUT2D eigenvalue weighted by molar-refractivity contribution is 5.54. The van der Waals surface area contributed by atoms with Crippen molar-refractivity contribution in [3.05, 3.63) is 35.4 Å². The number of fused-ring (bicyclic) bond motifs is 1. The van der Waals surface area contributed by atoms with Crippen LogP contribution in [-0.2, 0) is 6.42 Å². The fraction of sp³-hybridized carbons (Fsp3) is 0.200. The number of aromatic hydroxyl groups is 5. The van der Waals surface area contributed by atoms with Crippen molar-refractivity contribution in [2.24, 2.45) is 0 Å². The van der Waals surface area contributed by atoms with Gasteiger partial charge in [-0.3, -0.25) is 0 Å². The fourth-order valence-corrected chi connectivity index (χ4v) is 2.54. The molecule has 6 N–H and O–H groups in total. The Bertz CT molecular complexity index is 718. The maximum atomic E-state index is 10.2. The maximum absolute atomic E-state index is 10.2. The number of aliphatic hydroxyl groups is 1. The number of hydrogen-bond acceptors (Lipinski definition) is 7. The summed E-state index contributed by atoms with van der Waals surface area (Å²) >= 11 is 0. The first-order chi connectivity index (χ1) is 10.4. The lowest BCUT2D eigenvalue weighted by Crippen LogP contribution is -2.30. The van der Waals surface area contributed by atoms with Crippen LogP contribution >= 0.6 is 0 Å². The molecule has 116 valence electrons. The molecule has 0 aliphatic carbocycles. The highest BCUT2D eigenvalue weighted by atomic mass is 16.6. The van der Waals surface area contributed by atoms with Crippen molar-refractivity contribution in [3.63, 3.8) is 0 Å². The summed E-state index contributed by atoms with van der Waals surface area (Å²) in [6.45, 7) is 0. The molecule has 1 aliphatic heterocycles. The predicted octanol–water partition coefficient (Wildman–Crippen LogP) is 1.25. The Kier molecular flexibility index (Phi) is 3.14. The molecule has 0 unspecified atom stereocenters. The molecule has 0 aromatic heterocycles. The summed E-state index contributed by atoms with van der Waals surface area (Å²) in [5, 5.41) is 57.9. The first-order valence-electron chi connectivity index (χ1n) is 6.51. The van der Waals surface area contributed by atoms with Crippen LogP contribution in [0.4, 0.5) is 0 Å². The number of aliphatic hydroxyl groups excluding tert-OH is 1. The number of rotatable bonds is 1. The summed E-state index contributed by atoms with van der Waals surface area (Å²) < 4.78 is 5.57. The molecule has 22 heavy (non-hydrogen) atoms. The molecule has 7 heteroatoms. The van der Waals surface area contributed by atoms with Crippen LogP contribution < -0.4 is 4.74 Å². The maximum Gasteiger partial charge on any atom is 0.200 e. The van der Waals surface area contributed by atoms with Crippen LogP contribution in [0.2, 0.25) is 0 Å². The van der Waals surface area contributed by atoms with Gasteiger partial charge < -0.3 is 35.4 Å². The summed E-state index contributed by atoms with van der Waals surface area (Å²) in [7, 11) is 0. The van der Waals surface area contributed by atoms with Crippen LogP contribution in [0.1, 0.15) is 17.2 Å². The Morgan fingerprint density at radius 2 is 1.50 bits per heavy atom. The predicted molar refractivity (Wildman–Crippen MR) is 74.3 cm³/mol. The van der Waals surface area contributed by atoms with Crippen LogP contribution in [0.5, 0.6) is 34.5 Å². The minimum atomic E-state index is -1.05. The van der Waals surface area contributed by atoms with Crippen LogP contribution in [0, 0.1) is 0 Å².